The molecule has 37 heavy (non-hydrogen) atoms. The Hall–Kier alpha value is -3.45. The van der Waals surface area contributed by atoms with Crippen LogP contribution < -0.4 is 15.4 Å². The van der Waals surface area contributed by atoms with Crippen LogP contribution in [-0.4, -0.2) is 77.5 Å². The summed E-state index contributed by atoms with van der Waals surface area (Å²) in [6.07, 6.45) is 9.20. The zero-order valence-corrected chi connectivity index (χ0v) is 21.4. The van der Waals surface area contributed by atoms with Crippen LogP contribution in [-0.2, 0) is 9.53 Å². The molecule has 10 heteroatoms. The van der Waals surface area contributed by atoms with Gasteiger partial charge in [0.15, 0.2) is 0 Å². The first-order valence-corrected chi connectivity index (χ1v) is 13.4. The molecule has 2 saturated heterocycles. The summed E-state index contributed by atoms with van der Waals surface area (Å²) in [5.74, 6) is 1.20. The van der Waals surface area contributed by atoms with Gasteiger partial charge in [0.2, 0.25) is 5.91 Å². The third-order valence-corrected chi connectivity index (χ3v) is 8.10. The maximum atomic E-state index is 13.2. The van der Waals surface area contributed by atoms with Crippen LogP contribution in [0.3, 0.4) is 0 Å². The average Bonchev–Trinajstić information content (AvgIpc) is 3.42. The summed E-state index contributed by atoms with van der Waals surface area (Å²) in [5, 5.41) is 15.4. The van der Waals surface area contributed by atoms with Crippen LogP contribution in [0.15, 0.2) is 29.3 Å². The first kappa shape index (κ1) is 25.2. The molecular formula is C27H35N7O3. The Morgan fingerprint density at radius 2 is 1.89 bits per heavy atom. The summed E-state index contributed by atoms with van der Waals surface area (Å²) >= 11 is 0. The van der Waals surface area contributed by atoms with Crippen LogP contribution in [0.4, 0.5) is 11.5 Å². The van der Waals surface area contributed by atoms with E-state index in [0.717, 1.165) is 69.7 Å². The fourth-order valence-corrected chi connectivity index (χ4v) is 5.84. The zero-order chi connectivity index (χ0) is 25.8. The molecule has 3 aliphatic rings. The molecule has 196 valence electrons. The average molecular weight is 506 g/mol. The van der Waals surface area contributed by atoms with Crippen LogP contribution >= 0.6 is 0 Å². The first-order chi connectivity index (χ1) is 18.0. The number of nitriles is 1. The number of rotatable bonds is 6. The molecule has 4 heterocycles. The van der Waals surface area contributed by atoms with Crippen molar-refractivity contribution in [3.05, 3.63) is 46.0 Å². The first-order valence-electron chi connectivity index (χ1n) is 13.4. The lowest BCUT2D eigenvalue weighted by Crippen LogP contribution is -2.51. The molecule has 0 spiro atoms. The Kier molecular flexibility index (Phi) is 7.70. The van der Waals surface area contributed by atoms with Gasteiger partial charge >= 0.3 is 0 Å². The summed E-state index contributed by atoms with van der Waals surface area (Å²) in [5.41, 5.74) is 2.02. The highest BCUT2D eigenvalue weighted by Gasteiger charge is 2.33. The van der Waals surface area contributed by atoms with Crippen molar-refractivity contribution in [2.45, 2.75) is 57.6 Å². The minimum Gasteiger partial charge on any atom is -0.376 e. The van der Waals surface area contributed by atoms with Gasteiger partial charge in [-0.05, 0) is 57.6 Å². The van der Waals surface area contributed by atoms with E-state index in [1.54, 1.807) is 18.5 Å². The smallest absolute Gasteiger partial charge is 0.269 e. The highest BCUT2D eigenvalue weighted by molar-refractivity contribution is 5.79. The topological polar surface area (TPSA) is 118 Å². The summed E-state index contributed by atoms with van der Waals surface area (Å²) in [4.78, 5) is 36.0. The molecule has 1 aliphatic carbocycles. The molecule has 2 aliphatic heterocycles. The largest absolute Gasteiger partial charge is 0.376 e. The Balaban J connectivity index is 1.06. The van der Waals surface area contributed by atoms with Gasteiger partial charge in [-0.15, -0.1) is 0 Å². The van der Waals surface area contributed by atoms with Gasteiger partial charge < -0.3 is 19.4 Å². The monoisotopic (exact) mass is 505 g/mol. The number of anilines is 2. The Morgan fingerprint density at radius 3 is 2.59 bits per heavy atom. The molecule has 10 nitrogen and oxygen atoms in total. The molecule has 1 atom stereocenters. The molecule has 1 amide bonds. The van der Waals surface area contributed by atoms with Crippen molar-refractivity contribution in [1.29, 1.82) is 5.26 Å². The molecule has 0 unspecified atom stereocenters. The molecular weight excluding hydrogens is 470 g/mol. The standard InChI is InChI=1S/C27H35N7O3/c1-19-24(17-30-31-26(19)35)34-10-2-3-22(34)18-37-23-7-5-21(6-8-23)27(36)33-13-11-32(12-14-33)25-9-4-20(15-28)16-29-25/h4,9,16-17,21-23H,2-3,5-8,10-14,18H2,1H3,(H,31,35)/t21-,22-,23-/m0/s1. The summed E-state index contributed by atoms with van der Waals surface area (Å²) in [7, 11) is 0. The Labute approximate surface area is 217 Å². The highest BCUT2D eigenvalue weighted by Crippen LogP contribution is 2.31. The predicted molar refractivity (Wildman–Crippen MR) is 139 cm³/mol. The van der Waals surface area contributed by atoms with Crippen molar-refractivity contribution in [2.75, 3.05) is 49.1 Å². The van der Waals surface area contributed by atoms with E-state index in [1.165, 1.54) is 0 Å². The zero-order valence-electron chi connectivity index (χ0n) is 21.4. The van der Waals surface area contributed by atoms with E-state index < -0.39 is 0 Å². The number of amides is 1. The van der Waals surface area contributed by atoms with Gasteiger partial charge in [0, 0.05) is 50.4 Å². The van der Waals surface area contributed by atoms with Crippen molar-refractivity contribution in [3.8, 4) is 6.07 Å². The Morgan fingerprint density at radius 1 is 1.11 bits per heavy atom. The molecule has 1 saturated carbocycles. The van der Waals surface area contributed by atoms with Crippen molar-refractivity contribution < 1.29 is 9.53 Å². The number of H-pyrrole nitrogens is 1. The highest BCUT2D eigenvalue weighted by atomic mass is 16.5. The number of hydrogen-bond donors (Lipinski definition) is 1. The van der Waals surface area contributed by atoms with E-state index in [9.17, 15) is 9.59 Å². The number of hydrogen-bond acceptors (Lipinski definition) is 8. The molecule has 2 aromatic rings. The fraction of sp³-hybridized carbons (Fsp3) is 0.593. The van der Waals surface area contributed by atoms with Crippen LogP contribution in [0.1, 0.15) is 49.7 Å². The number of pyridine rings is 1. The lowest BCUT2D eigenvalue weighted by atomic mass is 9.86. The molecule has 1 N–H and O–H groups in total. The number of carbonyl (C=O) groups is 1. The third-order valence-electron chi connectivity index (χ3n) is 8.10. The summed E-state index contributed by atoms with van der Waals surface area (Å²) in [6, 6.07) is 6.01. The summed E-state index contributed by atoms with van der Waals surface area (Å²) in [6.45, 7) is 6.30. The number of nitrogens with zero attached hydrogens (tertiary/aromatic N) is 6. The van der Waals surface area contributed by atoms with Crippen LogP contribution in [0, 0.1) is 24.2 Å². The number of ether oxygens (including phenoxy) is 1. The van der Waals surface area contributed by atoms with Crippen molar-refractivity contribution in [1.82, 2.24) is 20.1 Å². The lowest BCUT2D eigenvalue weighted by Gasteiger charge is -2.38. The molecule has 3 fully saturated rings. The van der Waals surface area contributed by atoms with E-state index in [2.05, 4.69) is 31.1 Å². The van der Waals surface area contributed by atoms with Crippen LogP contribution in [0.2, 0.25) is 0 Å². The van der Waals surface area contributed by atoms with Gasteiger partial charge in [-0.1, -0.05) is 0 Å². The quantitative estimate of drug-likeness (QED) is 0.635. The maximum Gasteiger partial charge on any atom is 0.269 e. The molecule has 5 rings (SSSR count). The van der Waals surface area contributed by atoms with Crippen LogP contribution in [0.5, 0.6) is 0 Å². The number of nitrogens with one attached hydrogen (secondary N) is 1. The van der Waals surface area contributed by atoms with Gasteiger partial charge in [-0.25, -0.2) is 10.1 Å². The number of carbonyl (C=O) groups excluding carboxylic acids is 1. The van der Waals surface area contributed by atoms with Crippen molar-refractivity contribution >= 4 is 17.4 Å². The third kappa shape index (κ3) is 5.62. The van der Waals surface area contributed by atoms with Gasteiger partial charge in [0.25, 0.3) is 5.56 Å². The minimum atomic E-state index is -0.139. The van der Waals surface area contributed by atoms with Gasteiger partial charge in [-0.3, -0.25) is 9.59 Å². The minimum absolute atomic E-state index is 0.0761. The number of aromatic amines is 1. The van der Waals surface area contributed by atoms with Crippen molar-refractivity contribution in [2.24, 2.45) is 5.92 Å². The maximum absolute atomic E-state index is 13.2. The summed E-state index contributed by atoms with van der Waals surface area (Å²) < 4.78 is 6.34. The Bertz CT molecular complexity index is 1180. The second-order valence-electron chi connectivity index (χ2n) is 10.3. The van der Waals surface area contributed by atoms with E-state index in [4.69, 9.17) is 10.00 Å². The predicted octanol–water partition coefficient (Wildman–Crippen LogP) is 2.24. The fourth-order valence-electron chi connectivity index (χ4n) is 5.84. The van der Waals surface area contributed by atoms with E-state index in [0.29, 0.717) is 30.8 Å². The lowest BCUT2D eigenvalue weighted by molar-refractivity contribution is -0.138. The van der Waals surface area contributed by atoms with E-state index in [-0.39, 0.29) is 29.5 Å². The molecule has 2 aromatic heterocycles. The molecule has 0 bridgehead atoms. The van der Waals surface area contributed by atoms with Gasteiger partial charge in [0.1, 0.15) is 11.9 Å². The van der Waals surface area contributed by atoms with E-state index in [1.807, 2.05) is 17.9 Å². The number of piperazine rings is 1. The van der Waals surface area contributed by atoms with Gasteiger partial charge in [-0.2, -0.15) is 10.4 Å². The normalized spacial score (nSPS) is 24.2. The van der Waals surface area contributed by atoms with Crippen LogP contribution in [0.25, 0.3) is 0 Å². The number of aromatic nitrogens is 3. The molecule has 0 radical (unpaired) electrons. The van der Waals surface area contributed by atoms with E-state index >= 15 is 0 Å². The van der Waals surface area contributed by atoms with Crippen molar-refractivity contribution in [3.63, 3.8) is 0 Å². The van der Waals surface area contributed by atoms with Gasteiger partial charge in [0.05, 0.1) is 36.2 Å². The second kappa shape index (κ2) is 11.3. The second-order valence-corrected chi connectivity index (χ2v) is 10.3. The SMILES string of the molecule is Cc1c(N2CCC[C@H]2CO[C@H]2CC[C@H](C(=O)N3CCN(c4ccc(C#N)cn4)CC3)CC2)cn[nH]c1=O. The molecule has 0 aromatic carbocycles.